The number of hydrogen-bond donors (Lipinski definition) is 2. The number of hydrogen-bond acceptors (Lipinski definition) is 5. The van der Waals surface area contributed by atoms with Gasteiger partial charge in [-0.25, -0.2) is 4.98 Å². The lowest BCUT2D eigenvalue weighted by molar-refractivity contribution is 0.102. The van der Waals surface area contributed by atoms with Crippen molar-refractivity contribution in [3.8, 4) is 11.5 Å². The molecule has 1 heterocycles. The summed E-state index contributed by atoms with van der Waals surface area (Å²) in [6, 6.07) is 20.3. The first-order chi connectivity index (χ1) is 13.6. The van der Waals surface area contributed by atoms with Crippen LogP contribution in [-0.4, -0.2) is 43.0 Å². The Bertz CT molecular complexity index is 896. The number of aromatic nitrogens is 1. The molecule has 0 bridgehead atoms. The first-order valence-corrected chi connectivity index (χ1v) is 9.10. The molecule has 144 valence electrons. The van der Waals surface area contributed by atoms with Crippen molar-refractivity contribution in [1.29, 1.82) is 0 Å². The van der Waals surface area contributed by atoms with Gasteiger partial charge in [-0.2, -0.15) is 0 Å². The highest BCUT2D eigenvalue weighted by Gasteiger charge is 2.11. The number of nitrogens with zero attached hydrogens (tertiary/aromatic N) is 2. The molecule has 28 heavy (non-hydrogen) atoms. The molecule has 2 aromatic carbocycles. The van der Waals surface area contributed by atoms with Crippen LogP contribution in [0, 0.1) is 0 Å². The molecular weight excluding hydrogens is 352 g/mol. The fraction of sp³-hybridized carbons (Fsp3) is 0.182. The van der Waals surface area contributed by atoms with Gasteiger partial charge in [0.25, 0.3) is 5.91 Å². The number of ether oxygens (including phenoxy) is 1. The highest BCUT2D eigenvalue weighted by molar-refractivity contribution is 6.04. The Labute approximate surface area is 165 Å². The lowest BCUT2D eigenvalue weighted by atomic mass is 10.2. The standard InChI is InChI=1S/C22H24N4O2/c1-26(2)15-14-23-21-13-12-17(16-24-21)22(27)25-19-10-6-7-11-20(19)28-18-8-4-3-5-9-18/h3-13,16H,14-15H2,1-2H3,(H,23,24)(H,25,27). The van der Waals surface area contributed by atoms with Crippen molar-refractivity contribution in [2.24, 2.45) is 0 Å². The Morgan fingerprint density at radius 2 is 1.75 bits per heavy atom. The van der Waals surface area contributed by atoms with Crippen LogP contribution in [0.1, 0.15) is 10.4 Å². The first kappa shape index (κ1) is 19.4. The topological polar surface area (TPSA) is 66.5 Å². The minimum atomic E-state index is -0.239. The molecular formula is C22H24N4O2. The molecule has 0 aliphatic carbocycles. The van der Waals surface area contributed by atoms with Crippen LogP contribution in [0.25, 0.3) is 0 Å². The van der Waals surface area contributed by atoms with Gasteiger partial charge in [0, 0.05) is 19.3 Å². The van der Waals surface area contributed by atoms with Gasteiger partial charge in [-0.15, -0.1) is 0 Å². The van der Waals surface area contributed by atoms with Crippen LogP contribution in [-0.2, 0) is 0 Å². The lowest BCUT2D eigenvalue weighted by Gasteiger charge is -2.13. The van der Waals surface area contributed by atoms with E-state index in [2.05, 4.69) is 20.5 Å². The summed E-state index contributed by atoms with van der Waals surface area (Å²) < 4.78 is 5.88. The number of amides is 1. The zero-order chi connectivity index (χ0) is 19.8. The maximum absolute atomic E-state index is 12.6. The smallest absolute Gasteiger partial charge is 0.257 e. The monoisotopic (exact) mass is 376 g/mol. The number of benzene rings is 2. The van der Waals surface area contributed by atoms with Crippen LogP contribution in [0.15, 0.2) is 72.9 Å². The summed E-state index contributed by atoms with van der Waals surface area (Å²) in [4.78, 5) is 19.0. The average molecular weight is 376 g/mol. The summed E-state index contributed by atoms with van der Waals surface area (Å²) in [5.41, 5.74) is 1.08. The van der Waals surface area contributed by atoms with E-state index in [0.717, 1.165) is 18.9 Å². The largest absolute Gasteiger partial charge is 0.455 e. The van der Waals surface area contributed by atoms with E-state index in [0.29, 0.717) is 22.7 Å². The van der Waals surface area contributed by atoms with Crippen LogP contribution in [0.2, 0.25) is 0 Å². The van der Waals surface area contributed by atoms with Crippen LogP contribution in [0.4, 0.5) is 11.5 Å². The second-order valence-corrected chi connectivity index (χ2v) is 6.53. The molecule has 0 atom stereocenters. The summed E-state index contributed by atoms with van der Waals surface area (Å²) in [6.45, 7) is 1.69. The molecule has 0 aliphatic heterocycles. The Balaban J connectivity index is 1.65. The highest BCUT2D eigenvalue weighted by atomic mass is 16.5. The SMILES string of the molecule is CN(C)CCNc1ccc(C(=O)Nc2ccccc2Oc2ccccc2)cn1. The van der Waals surface area contributed by atoms with Crippen molar-refractivity contribution < 1.29 is 9.53 Å². The van der Waals surface area contributed by atoms with Gasteiger partial charge in [0.15, 0.2) is 5.75 Å². The predicted octanol–water partition coefficient (Wildman–Crippen LogP) is 4.10. The first-order valence-electron chi connectivity index (χ1n) is 9.10. The third kappa shape index (κ3) is 5.56. The van der Waals surface area contributed by atoms with E-state index in [-0.39, 0.29) is 5.91 Å². The summed E-state index contributed by atoms with van der Waals surface area (Å²) in [7, 11) is 4.03. The molecule has 3 rings (SSSR count). The Kier molecular flexibility index (Phi) is 6.59. The minimum absolute atomic E-state index is 0.239. The number of likely N-dealkylation sites (N-methyl/N-ethyl adjacent to an activating group) is 1. The molecule has 2 N–H and O–H groups in total. The zero-order valence-electron chi connectivity index (χ0n) is 16.1. The molecule has 1 amide bonds. The fourth-order valence-corrected chi connectivity index (χ4v) is 2.51. The predicted molar refractivity (Wildman–Crippen MR) is 112 cm³/mol. The highest BCUT2D eigenvalue weighted by Crippen LogP contribution is 2.29. The number of para-hydroxylation sites is 3. The van der Waals surface area contributed by atoms with Gasteiger partial charge in [-0.3, -0.25) is 4.79 Å². The van der Waals surface area contributed by atoms with Gasteiger partial charge in [0.1, 0.15) is 11.6 Å². The number of carbonyl (C=O) groups is 1. The number of pyridine rings is 1. The maximum Gasteiger partial charge on any atom is 0.257 e. The van der Waals surface area contributed by atoms with Crippen molar-refractivity contribution in [1.82, 2.24) is 9.88 Å². The molecule has 0 saturated heterocycles. The summed E-state index contributed by atoms with van der Waals surface area (Å²) >= 11 is 0. The van der Waals surface area contributed by atoms with Crippen molar-refractivity contribution >= 4 is 17.4 Å². The molecule has 6 heteroatoms. The summed E-state index contributed by atoms with van der Waals surface area (Å²) in [6.07, 6.45) is 1.56. The summed E-state index contributed by atoms with van der Waals surface area (Å²) in [5.74, 6) is 1.79. The maximum atomic E-state index is 12.6. The third-order valence-electron chi connectivity index (χ3n) is 4.00. The second-order valence-electron chi connectivity index (χ2n) is 6.53. The quantitative estimate of drug-likeness (QED) is 0.620. The number of carbonyl (C=O) groups excluding carboxylic acids is 1. The van der Waals surface area contributed by atoms with E-state index in [1.165, 1.54) is 0 Å². The number of rotatable bonds is 8. The lowest BCUT2D eigenvalue weighted by Crippen LogP contribution is -2.21. The minimum Gasteiger partial charge on any atom is -0.455 e. The van der Waals surface area contributed by atoms with Gasteiger partial charge in [0.05, 0.1) is 11.3 Å². The van der Waals surface area contributed by atoms with Gasteiger partial charge < -0.3 is 20.3 Å². The van der Waals surface area contributed by atoms with E-state index in [9.17, 15) is 4.79 Å². The van der Waals surface area contributed by atoms with Gasteiger partial charge in [-0.1, -0.05) is 30.3 Å². The van der Waals surface area contributed by atoms with Crippen molar-refractivity contribution in [3.05, 3.63) is 78.5 Å². The molecule has 0 aliphatic rings. The van der Waals surface area contributed by atoms with Gasteiger partial charge in [-0.05, 0) is 50.5 Å². The average Bonchev–Trinajstić information content (AvgIpc) is 2.70. The van der Waals surface area contributed by atoms with Crippen LogP contribution < -0.4 is 15.4 Å². The van der Waals surface area contributed by atoms with Crippen LogP contribution >= 0.6 is 0 Å². The molecule has 0 radical (unpaired) electrons. The van der Waals surface area contributed by atoms with E-state index >= 15 is 0 Å². The third-order valence-corrected chi connectivity index (χ3v) is 4.00. The normalized spacial score (nSPS) is 10.5. The summed E-state index contributed by atoms with van der Waals surface area (Å²) in [5, 5.41) is 6.12. The molecule has 1 aromatic heterocycles. The Morgan fingerprint density at radius 3 is 2.46 bits per heavy atom. The van der Waals surface area contributed by atoms with Crippen molar-refractivity contribution in [2.45, 2.75) is 0 Å². The van der Waals surface area contributed by atoms with Crippen molar-refractivity contribution in [3.63, 3.8) is 0 Å². The molecule has 0 unspecified atom stereocenters. The number of anilines is 2. The second kappa shape index (κ2) is 9.53. The van der Waals surface area contributed by atoms with E-state index in [1.54, 1.807) is 24.4 Å². The van der Waals surface area contributed by atoms with E-state index < -0.39 is 0 Å². The Hall–Kier alpha value is -3.38. The van der Waals surface area contributed by atoms with E-state index in [1.807, 2.05) is 62.6 Å². The zero-order valence-corrected chi connectivity index (χ0v) is 16.1. The molecule has 6 nitrogen and oxygen atoms in total. The van der Waals surface area contributed by atoms with Gasteiger partial charge in [0.2, 0.25) is 0 Å². The molecule has 3 aromatic rings. The van der Waals surface area contributed by atoms with E-state index in [4.69, 9.17) is 4.74 Å². The molecule has 0 saturated carbocycles. The fourth-order valence-electron chi connectivity index (χ4n) is 2.51. The number of nitrogens with one attached hydrogen (secondary N) is 2. The van der Waals surface area contributed by atoms with Crippen LogP contribution in [0.3, 0.4) is 0 Å². The molecule has 0 spiro atoms. The van der Waals surface area contributed by atoms with Gasteiger partial charge >= 0.3 is 0 Å². The Morgan fingerprint density at radius 1 is 1.00 bits per heavy atom. The van der Waals surface area contributed by atoms with Crippen molar-refractivity contribution in [2.75, 3.05) is 37.8 Å². The molecule has 0 fully saturated rings. The van der Waals surface area contributed by atoms with Crippen LogP contribution in [0.5, 0.6) is 11.5 Å².